The first kappa shape index (κ1) is 29.6. The molecule has 3 unspecified atom stereocenters. The molecule has 13 heteroatoms. The van der Waals surface area contributed by atoms with Crippen LogP contribution in [0.25, 0.3) is 0 Å². The summed E-state index contributed by atoms with van der Waals surface area (Å²) in [6.07, 6.45) is -0.808. The lowest BCUT2D eigenvalue weighted by atomic mass is 10.0. The van der Waals surface area contributed by atoms with Gasteiger partial charge in [-0.3, -0.25) is 19.2 Å². The molecule has 0 bridgehead atoms. The first-order valence-electron chi connectivity index (χ1n) is 11.6. The molecular formula is C25H30N4O9. The fraction of sp³-hybridized carbons (Fsp3) is 0.320. The second-order valence-corrected chi connectivity index (χ2v) is 8.52. The van der Waals surface area contributed by atoms with Gasteiger partial charge in [0.05, 0.1) is 12.6 Å². The molecule has 38 heavy (non-hydrogen) atoms. The molecule has 0 radical (unpaired) electrons. The van der Waals surface area contributed by atoms with Gasteiger partial charge in [0.1, 0.15) is 23.6 Å². The maximum absolute atomic E-state index is 12.9. The molecule has 0 fully saturated rings. The summed E-state index contributed by atoms with van der Waals surface area (Å²) in [5.74, 6) is -4.91. The average molecular weight is 531 g/mol. The van der Waals surface area contributed by atoms with Crippen molar-refractivity contribution in [1.82, 2.24) is 16.0 Å². The average Bonchev–Trinajstić information content (AvgIpc) is 2.86. The van der Waals surface area contributed by atoms with Crippen LogP contribution in [-0.4, -0.2) is 74.8 Å². The van der Waals surface area contributed by atoms with Gasteiger partial charge in [-0.15, -0.1) is 0 Å². The van der Waals surface area contributed by atoms with E-state index in [1.807, 2.05) is 0 Å². The quantitative estimate of drug-likeness (QED) is 0.152. The zero-order valence-corrected chi connectivity index (χ0v) is 20.3. The Labute approximate surface area is 217 Å². The van der Waals surface area contributed by atoms with Gasteiger partial charge in [-0.05, 0) is 48.2 Å². The predicted molar refractivity (Wildman–Crippen MR) is 133 cm³/mol. The standard InChI is InChI=1S/C25H30N4O9/c26-18(11-14-1-5-16(30)6-2-14)23(35)27-13-21(32)28-20(12-15-3-7-17(31)8-4-15)24(36)29-19(25(37)38)9-10-22(33)34/h1-8,18-20,30-31H,9-13,26H2,(H,27,35)(H,28,32)(H,29,36)(H,33,34)(H,37,38). The Bertz CT molecular complexity index is 1140. The Balaban J connectivity index is 2.02. The van der Waals surface area contributed by atoms with Gasteiger partial charge < -0.3 is 42.1 Å². The molecule has 0 saturated heterocycles. The zero-order chi connectivity index (χ0) is 28.2. The third kappa shape index (κ3) is 10.1. The lowest BCUT2D eigenvalue weighted by Gasteiger charge is -2.22. The van der Waals surface area contributed by atoms with Crippen LogP contribution >= 0.6 is 0 Å². The third-order valence-electron chi connectivity index (χ3n) is 5.44. The topological polar surface area (TPSA) is 228 Å². The summed E-state index contributed by atoms with van der Waals surface area (Å²) in [6.45, 7) is -0.525. The second kappa shape index (κ2) is 14.2. The van der Waals surface area contributed by atoms with E-state index >= 15 is 0 Å². The predicted octanol–water partition coefficient (Wildman–Crippen LogP) is -0.754. The van der Waals surface area contributed by atoms with Crippen LogP contribution in [-0.2, 0) is 36.8 Å². The maximum Gasteiger partial charge on any atom is 0.326 e. The monoisotopic (exact) mass is 530 g/mol. The van der Waals surface area contributed by atoms with E-state index in [4.69, 9.17) is 10.8 Å². The van der Waals surface area contributed by atoms with Crippen molar-refractivity contribution >= 4 is 29.7 Å². The molecule has 0 aliphatic heterocycles. The number of aliphatic carboxylic acids is 2. The smallest absolute Gasteiger partial charge is 0.326 e. The van der Waals surface area contributed by atoms with Gasteiger partial charge in [0, 0.05) is 12.8 Å². The minimum atomic E-state index is -1.50. The number of nitrogens with two attached hydrogens (primary N) is 1. The fourth-order valence-electron chi connectivity index (χ4n) is 3.40. The fourth-order valence-corrected chi connectivity index (χ4v) is 3.40. The number of phenolic OH excluding ortho intramolecular Hbond substituents is 2. The molecule has 204 valence electrons. The van der Waals surface area contributed by atoms with Crippen molar-refractivity contribution in [3.05, 3.63) is 59.7 Å². The Hall–Kier alpha value is -4.65. The number of rotatable bonds is 14. The maximum atomic E-state index is 12.9. The van der Waals surface area contributed by atoms with Crippen LogP contribution in [0.5, 0.6) is 11.5 Å². The molecule has 13 nitrogen and oxygen atoms in total. The van der Waals surface area contributed by atoms with Crippen molar-refractivity contribution in [3.63, 3.8) is 0 Å². The third-order valence-corrected chi connectivity index (χ3v) is 5.44. The van der Waals surface area contributed by atoms with E-state index in [0.717, 1.165) is 0 Å². The van der Waals surface area contributed by atoms with Crippen LogP contribution in [0.15, 0.2) is 48.5 Å². The van der Waals surface area contributed by atoms with Crippen molar-refractivity contribution in [1.29, 1.82) is 0 Å². The number of hydrogen-bond acceptors (Lipinski definition) is 8. The molecule has 3 amide bonds. The number of aromatic hydroxyl groups is 2. The number of nitrogens with one attached hydrogen (secondary N) is 3. The molecular weight excluding hydrogens is 500 g/mol. The molecule has 2 aromatic rings. The SMILES string of the molecule is NC(Cc1ccc(O)cc1)C(=O)NCC(=O)NC(Cc1ccc(O)cc1)C(=O)NC(CCC(=O)O)C(=O)O. The number of carboxylic acid groups (broad SMARTS) is 2. The number of benzene rings is 2. The summed E-state index contributed by atoms with van der Waals surface area (Å²) in [4.78, 5) is 60.0. The minimum Gasteiger partial charge on any atom is -0.508 e. The van der Waals surface area contributed by atoms with Gasteiger partial charge in [-0.2, -0.15) is 0 Å². The molecule has 0 spiro atoms. The summed E-state index contributed by atoms with van der Waals surface area (Å²) in [6, 6.07) is 8.07. The van der Waals surface area contributed by atoms with E-state index in [2.05, 4.69) is 16.0 Å². The highest BCUT2D eigenvalue weighted by molar-refractivity contribution is 5.92. The van der Waals surface area contributed by atoms with Crippen molar-refractivity contribution in [2.45, 2.75) is 43.8 Å². The van der Waals surface area contributed by atoms with Crippen molar-refractivity contribution in [3.8, 4) is 11.5 Å². The first-order valence-corrected chi connectivity index (χ1v) is 11.6. The number of hydrogen-bond donors (Lipinski definition) is 8. The number of amides is 3. The Kier molecular flexibility index (Phi) is 11.0. The molecule has 9 N–H and O–H groups in total. The Morgan fingerprint density at radius 2 is 1.26 bits per heavy atom. The Morgan fingerprint density at radius 3 is 1.76 bits per heavy atom. The van der Waals surface area contributed by atoms with Gasteiger partial charge in [-0.1, -0.05) is 24.3 Å². The van der Waals surface area contributed by atoms with Gasteiger partial charge in [-0.25, -0.2) is 4.79 Å². The van der Waals surface area contributed by atoms with Crippen LogP contribution in [0.3, 0.4) is 0 Å². The summed E-state index contributed by atoms with van der Waals surface area (Å²) in [5.41, 5.74) is 7.10. The van der Waals surface area contributed by atoms with E-state index in [9.17, 15) is 39.3 Å². The van der Waals surface area contributed by atoms with Crippen LogP contribution in [0.4, 0.5) is 0 Å². The zero-order valence-electron chi connectivity index (χ0n) is 20.3. The molecule has 0 aliphatic rings. The van der Waals surface area contributed by atoms with Crippen LogP contribution in [0.2, 0.25) is 0 Å². The van der Waals surface area contributed by atoms with Crippen LogP contribution in [0, 0.1) is 0 Å². The molecule has 0 aliphatic carbocycles. The molecule has 0 saturated carbocycles. The highest BCUT2D eigenvalue weighted by atomic mass is 16.4. The van der Waals surface area contributed by atoms with E-state index < -0.39 is 60.8 Å². The number of carbonyl (C=O) groups excluding carboxylic acids is 3. The van der Waals surface area contributed by atoms with E-state index in [-0.39, 0.29) is 30.8 Å². The first-order chi connectivity index (χ1) is 17.9. The lowest BCUT2D eigenvalue weighted by molar-refractivity contribution is -0.143. The largest absolute Gasteiger partial charge is 0.508 e. The van der Waals surface area contributed by atoms with Gasteiger partial charge in [0.2, 0.25) is 17.7 Å². The van der Waals surface area contributed by atoms with Gasteiger partial charge in [0.15, 0.2) is 0 Å². The summed E-state index contributed by atoms with van der Waals surface area (Å²) < 4.78 is 0. The van der Waals surface area contributed by atoms with Crippen LogP contribution < -0.4 is 21.7 Å². The van der Waals surface area contributed by atoms with Crippen molar-refractivity contribution in [2.75, 3.05) is 6.54 Å². The Morgan fingerprint density at radius 1 is 0.737 bits per heavy atom. The van der Waals surface area contributed by atoms with Crippen molar-refractivity contribution in [2.24, 2.45) is 5.73 Å². The number of carboxylic acids is 2. The lowest BCUT2D eigenvalue weighted by Crippen LogP contribution is -2.54. The summed E-state index contributed by atoms with van der Waals surface area (Å²) >= 11 is 0. The normalized spacial score (nSPS) is 13.0. The van der Waals surface area contributed by atoms with Gasteiger partial charge in [0.25, 0.3) is 0 Å². The highest BCUT2D eigenvalue weighted by Gasteiger charge is 2.27. The van der Waals surface area contributed by atoms with E-state index in [1.54, 1.807) is 12.1 Å². The molecule has 2 aromatic carbocycles. The molecule has 0 aromatic heterocycles. The number of phenols is 2. The summed E-state index contributed by atoms with van der Waals surface area (Å²) in [5, 5.41) is 44.0. The summed E-state index contributed by atoms with van der Waals surface area (Å²) in [7, 11) is 0. The minimum absolute atomic E-state index is 0.0234. The number of carbonyl (C=O) groups is 5. The van der Waals surface area contributed by atoms with Crippen molar-refractivity contribution < 1.29 is 44.4 Å². The van der Waals surface area contributed by atoms with E-state index in [0.29, 0.717) is 11.1 Å². The highest BCUT2D eigenvalue weighted by Crippen LogP contribution is 2.12. The van der Waals surface area contributed by atoms with Gasteiger partial charge >= 0.3 is 11.9 Å². The van der Waals surface area contributed by atoms with Crippen LogP contribution in [0.1, 0.15) is 24.0 Å². The second-order valence-electron chi connectivity index (χ2n) is 8.52. The molecule has 0 heterocycles. The molecule has 3 atom stereocenters. The molecule has 2 rings (SSSR count). The van der Waals surface area contributed by atoms with E-state index in [1.165, 1.54) is 36.4 Å².